The topological polar surface area (TPSA) is 0 Å². The zero-order valence-corrected chi connectivity index (χ0v) is 15.5. The van der Waals surface area contributed by atoms with Gasteiger partial charge in [0.05, 0.1) is 0 Å². The van der Waals surface area contributed by atoms with Crippen molar-refractivity contribution in [2.45, 2.75) is 44.9 Å². The summed E-state index contributed by atoms with van der Waals surface area (Å²) in [4.78, 5) is 0. The summed E-state index contributed by atoms with van der Waals surface area (Å²) in [5, 5.41) is 0. The minimum atomic E-state index is 0.665. The fraction of sp³-hybridized carbons (Fsp3) is 0.308. The first-order valence-corrected chi connectivity index (χ1v) is 10.1. The largest absolute Gasteiger partial charge is 0.0761 e. The monoisotopic (exact) mass is 338 g/mol. The molecule has 0 amide bonds. The lowest BCUT2D eigenvalue weighted by molar-refractivity contribution is 0.498. The predicted octanol–water partition coefficient (Wildman–Crippen LogP) is 7.17. The SMILES string of the molecule is Cc1ccc(C2=CC(c3ccc4c(c3)C=CC4C3CCCC3)=CC2)cc1. The van der Waals surface area contributed by atoms with Crippen LogP contribution in [0.2, 0.25) is 0 Å². The highest BCUT2D eigenvalue weighted by atomic mass is 14.3. The molecule has 2 aromatic rings. The van der Waals surface area contributed by atoms with Crippen molar-refractivity contribution in [3.05, 3.63) is 88.5 Å². The van der Waals surface area contributed by atoms with E-state index < -0.39 is 0 Å². The Morgan fingerprint density at radius 2 is 1.65 bits per heavy atom. The Morgan fingerprint density at radius 3 is 2.46 bits per heavy atom. The van der Waals surface area contributed by atoms with E-state index in [1.807, 2.05) is 0 Å². The highest BCUT2D eigenvalue weighted by Crippen LogP contribution is 2.44. The number of fused-ring (bicyclic) bond motifs is 1. The molecule has 0 aliphatic heterocycles. The molecule has 2 aromatic carbocycles. The second-order valence-electron chi connectivity index (χ2n) is 8.17. The average molecular weight is 338 g/mol. The van der Waals surface area contributed by atoms with E-state index in [0.29, 0.717) is 5.92 Å². The molecule has 0 radical (unpaired) electrons. The van der Waals surface area contributed by atoms with Crippen LogP contribution in [0.15, 0.2) is 60.7 Å². The summed E-state index contributed by atoms with van der Waals surface area (Å²) in [5.41, 5.74) is 9.84. The number of aryl methyl sites for hydroxylation is 1. The summed E-state index contributed by atoms with van der Waals surface area (Å²) in [5.74, 6) is 1.54. The van der Waals surface area contributed by atoms with Crippen molar-refractivity contribution in [1.82, 2.24) is 0 Å². The van der Waals surface area contributed by atoms with Crippen molar-refractivity contribution in [3.8, 4) is 0 Å². The maximum atomic E-state index is 2.46. The Balaban J connectivity index is 1.40. The van der Waals surface area contributed by atoms with Gasteiger partial charge in [-0.25, -0.2) is 0 Å². The van der Waals surface area contributed by atoms with Crippen LogP contribution in [0.25, 0.3) is 17.2 Å². The van der Waals surface area contributed by atoms with Crippen molar-refractivity contribution in [2.24, 2.45) is 5.92 Å². The molecule has 1 atom stereocenters. The van der Waals surface area contributed by atoms with Gasteiger partial charge in [-0.1, -0.05) is 79.1 Å². The highest BCUT2D eigenvalue weighted by molar-refractivity contribution is 5.90. The lowest BCUT2D eigenvalue weighted by atomic mass is 9.86. The Morgan fingerprint density at radius 1 is 0.885 bits per heavy atom. The van der Waals surface area contributed by atoms with Crippen LogP contribution in [0.1, 0.15) is 65.8 Å². The summed E-state index contributed by atoms with van der Waals surface area (Å²) in [6, 6.07) is 16.0. The van der Waals surface area contributed by atoms with E-state index >= 15 is 0 Å². The van der Waals surface area contributed by atoms with Crippen LogP contribution in [0.4, 0.5) is 0 Å². The number of hydrogen-bond acceptors (Lipinski definition) is 0. The minimum absolute atomic E-state index is 0.665. The zero-order chi connectivity index (χ0) is 17.5. The molecule has 5 rings (SSSR count). The van der Waals surface area contributed by atoms with Gasteiger partial charge in [0.1, 0.15) is 0 Å². The van der Waals surface area contributed by atoms with E-state index in [4.69, 9.17) is 0 Å². The predicted molar refractivity (Wildman–Crippen MR) is 112 cm³/mol. The standard InChI is InChI=1S/C26H26/c1-18-6-8-19(9-7-18)21-10-11-22(16-21)23-12-14-26-24(17-23)13-15-25(26)20-4-2-3-5-20/h6-9,11-17,20,25H,2-5,10H2,1H3. The van der Waals surface area contributed by atoms with Gasteiger partial charge >= 0.3 is 0 Å². The molecule has 1 unspecified atom stereocenters. The lowest BCUT2D eigenvalue weighted by Gasteiger charge is -2.18. The second kappa shape index (κ2) is 6.43. The van der Waals surface area contributed by atoms with Gasteiger partial charge in [0.2, 0.25) is 0 Å². The molecule has 0 heteroatoms. The van der Waals surface area contributed by atoms with E-state index in [1.165, 1.54) is 59.1 Å². The zero-order valence-electron chi connectivity index (χ0n) is 15.5. The molecule has 0 spiro atoms. The van der Waals surface area contributed by atoms with Gasteiger partial charge in [0.15, 0.2) is 0 Å². The first-order valence-electron chi connectivity index (χ1n) is 10.1. The van der Waals surface area contributed by atoms with Crippen LogP contribution in [0.3, 0.4) is 0 Å². The molecular formula is C26H26. The van der Waals surface area contributed by atoms with Crippen LogP contribution in [-0.4, -0.2) is 0 Å². The summed E-state index contributed by atoms with van der Waals surface area (Å²) in [6.45, 7) is 2.15. The van der Waals surface area contributed by atoms with E-state index in [1.54, 1.807) is 5.56 Å². The van der Waals surface area contributed by atoms with Gasteiger partial charge in [0.25, 0.3) is 0 Å². The smallest absolute Gasteiger partial charge is 0.00555 e. The number of hydrogen-bond donors (Lipinski definition) is 0. The van der Waals surface area contributed by atoms with Crippen molar-refractivity contribution in [2.75, 3.05) is 0 Å². The Labute approximate surface area is 157 Å². The second-order valence-corrected chi connectivity index (χ2v) is 8.17. The van der Waals surface area contributed by atoms with Crippen LogP contribution in [0.5, 0.6) is 0 Å². The quantitative estimate of drug-likeness (QED) is 0.556. The number of rotatable bonds is 3. The van der Waals surface area contributed by atoms with E-state index in [9.17, 15) is 0 Å². The molecule has 1 saturated carbocycles. The van der Waals surface area contributed by atoms with Crippen LogP contribution in [0, 0.1) is 12.8 Å². The molecule has 26 heavy (non-hydrogen) atoms. The maximum absolute atomic E-state index is 2.46. The molecule has 0 heterocycles. The fourth-order valence-corrected chi connectivity index (χ4v) is 4.94. The average Bonchev–Trinajstić information content (AvgIpc) is 3.41. The van der Waals surface area contributed by atoms with Gasteiger partial charge in [-0.15, -0.1) is 0 Å². The van der Waals surface area contributed by atoms with Crippen molar-refractivity contribution in [1.29, 1.82) is 0 Å². The highest BCUT2D eigenvalue weighted by Gasteiger charge is 2.28. The lowest BCUT2D eigenvalue weighted by Crippen LogP contribution is -2.05. The molecule has 0 bridgehead atoms. The summed E-state index contributed by atoms with van der Waals surface area (Å²) >= 11 is 0. The molecule has 0 N–H and O–H groups in total. The van der Waals surface area contributed by atoms with E-state index in [-0.39, 0.29) is 0 Å². The molecule has 0 nitrogen and oxygen atoms in total. The van der Waals surface area contributed by atoms with E-state index in [0.717, 1.165) is 12.3 Å². The summed E-state index contributed by atoms with van der Waals surface area (Å²) < 4.78 is 0. The van der Waals surface area contributed by atoms with Gasteiger partial charge in [-0.2, -0.15) is 0 Å². The minimum Gasteiger partial charge on any atom is -0.0761 e. The van der Waals surface area contributed by atoms with Crippen LogP contribution >= 0.6 is 0 Å². The van der Waals surface area contributed by atoms with Gasteiger partial charge in [-0.3, -0.25) is 0 Å². The van der Waals surface area contributed by atoms with Gasteiger partial charge in [0, 0.05) is 5.92 Å². The van der Waals surface area contributed by atoms with Gasteiger partial charge < -0.3 is 0 Å². The normalized spacial score (nSPS) is 21.8. The Hall–Kier alpha value is -2.34. The molecule has 3 aliphatic carbocycles. The third-order valence-electron chi connectivity index (χ3n) is 6.46. The third kappa shape index (κ3) is 2.78. The van der Waals surface area contributed by atoms with Gasteiger partial charge in [-0.05, 0) is 71.6 Å². The fourth-order valence-electron chi connectivity index (χ4n) is 4.94. The molecule has 1 fully saturated rings. The Bertz CT molecular complexity index is 915. The van der Waals surface area contributed by atoms with Crippen molar-refractivity contribution >= 4 is 17.2 Å². The summed E-state index contributed by atoms with van der Waals surface area (Å²) in [7, 11) is 0. The maximum Gasteiger partial charge on any atom is 0.00555 e. The molecule has 130 valence electrons. The molecule has 3 aliphatic rings. The summed E-state index contributed by atoms with van der Waals surface area (Å²) in [6.07, 6.45) is 16.3. The first-order chi connectivity index (χ1) is 12.8. The van der Waals surface area contributed by atoms with Crippen molar-refractivity contribution < 1.29 is 0 Å². The third-order valence-corrected chi connectivity index (χ3v) is 6.46. The number of allylic oxidation sites excluding steroid dienone is 5. The first kappa shape index (κ1) is 15.9. The van der Waals surface area contributed by atoms with Crippen LogP contribution < -0.4 is 0 Å². The molecule has 0 aromatic heterocycles. The molecular weight excluding hydrogens is 312 g/mol. The van der Waals surface area contributed by atoms with E-state index in [2.05, 4.69) is 73.7 Å². The van der Waals surface area contributed by atoms with Crippen molar-refractivity contribution in [3.63, 3.8) is 0 Å². The Kier molecular flexibility index (Phi) is 3.93. The number of benzene rings is 2. The van der Waals surface area contributed by atoms with Crippen LogP contribution in [-0.2, 0) is 0 Å². The molecule has 0 saturated heterocycles.